The molecule has 2 atom stereocenters. The summed E-state index contributed by atoms with van der Waals surface area (Å²) in [4.78, 5) is 11.0. The Morgan fingerprint density at radius 2 is 2.28 bits per heavy atom. The van der Waals surface area contributed by atoms with Crippen LogP contribution in [0.2, 0.25) is 0 Å². The van der Waals surface area contributed by atoms with Crippen LogP contribution in [0.25, 0.3) is 0 Å². The Morgan fingerprint density at radius 1 is 1.56 bits per heavy atom. The first-order chi connectivity index (χ1) is 8.44. The van der Waals surface area contributed by atoms with Gasteiger partial charge >= 0.3 is 5.97 Å². The standard InChI is InChI=1S/C10H13NO5S2/c1-11(8-6-16-5-7(8)10(12)13)18(14,15)9-3-2-4-17-9/h2-4,7-8H,5-6H2,1H3,(H,12,13). The quantitative estimate of drug-likeness (QED) is 0.871. The number of nitrogens with zero attached hydrogens (tertiary/aromatic N) is 1. The molecule has 1 fully saturated rings. The lowest BCUT2D eigenvalue weighted by molar-refractivity contribution is -0.142. The van der Waals surface area contributed by atoms with Crippen molar-refractivity contribution in [1.29, 1.82) is 0 Å². The van der Waals surface area contributed by atoms with Gasteiger partial charge in [-0.05, 0) is 11.4 Å². The predicted octanol–water partition coefficient (Wildman–Crippen LogP) is 0.468. The second kappa shape index (κ2) is 4.96. The zero-order valence-electron chi connectivity index (χ0n) is 9.64. The maximum absolute atomic E-state index is 12.2. The molecule has 8 heteroatoms. The lowest BCUT2D eigenvalue weighted by Gasteiger charge is -2.24. The molecule has 1 aliphatic heterocycles. The molecular formula is C10H13NO5S2. The minimum Gasteiger partial charge on any atom is -0.481 e. The van der Waals surface area contributed by atoms with Gasteiger partial charge in [-0.1, -0.05) is 6.07 Å². The number of carboxylic acids is 1. The van der Waals surface area contributed by atoms with Crippen LogP contribution in [-0.4, -0.2) is 50.1 Å². The van der Waals surface area contributed by atoms with Crippen LogP contribution >= 0.6 is 11.3 Å². The van der Waals surface area contributed by atoms with E-state index in [4.69, 9.17) is 9.84 Å². The lowest BCUT2D eigenvalue weighted by atomic mass is 10.1. The molecule has 2 heterocycles. The highest BCUT2D eigenvalue weighted by atomic mass is 32.2. The van der Waals surface area contributed by atoms with Crippen molar-refractivity contribution in [3.63, 3.8) is 0 Å². The molecule has 1 aromatic rings. The molecule has 0 radical (unpaired) electrons. The zero-order valence-corrected chi connectivity index (χ0v) is 11.3. The van der Waals surface area contributed by atoms with E-state index >= 15 is 0 Å². The van der Waals surface area contributed by atoms with E-state index in [1.54, 1.807) is 11.4 Å². The summed E-state index contributed by atoms with van der Waals surface area (Å²) in [6.45, 7) is 0.155. The highest BCUT2D eigenvalue weighted by Crippen LogP contribution is 2.27. The highest BCUT2D eigenvalue weighted by molar-refractivity contribution is 7.91. The van der Waals surface area contributed by atoms with Gasteiger partial charge in [0.2, 0.25) is 0 Å². The molecule has 1 aromatic heterocycles. The highest BCUT2D eigenvalue weighted by Gasteiger charge is 2.41. The van der Waals surface area contributed by atoms with Gasteiger partial charge in [0.05, 0.1) is 25.2 Å². The molecule has 100 valence electrons. The molecule has 0 aromatic carbocycles. The van der Waals surface area contributed by atoms with Crippen molar-refractivity contribution in [2.24, 2.45) is 5.92 Å². The van der Waals surface area contributed by atoms with Crippen molar-refractivity contribution in [3.05, 3.63) is 17.5 Å². The van der Waals surface area contributed by atoms with E-state index in [0.717, 1.165) is 15.6 Å². The molecule has 2 unspecified atom stereocenters. The molecule has 0 aliphatic carbocycles. The van der Waals surface area contributed by atoms with Gasteiger partial charge in [0.15, 0.2) is 0 Å². The average Bonchev–Trinajstić information content (AvgIpc) is 2.98. The van der Waals surface area contributed by atoms with E-state index in [9.17, 15) is 13.2 Å². The molecule has 0 amide bonds. The Hall–Kier alpha value is -0.960. The van der Waals surface area contributed by atoms with Crippen LogP contribution in [0.4, 0.5) is 0 Å². The fourth-order valence-corrected chi connectivity index (χ4v) is 4.42. The van der Waals surface area contributed by atoms with Gasteiger partial charge in [-0.3, -0.25) is 4.79 Å². The molecular weight excluding hydrogens is 278 g/mol. The van der Waals surface area contributed by atoms with E-state index in [0.29, 0.717) is 0 Å². The monoisotopic (exact) mass is 291 g/mol. The molecule has 0 saturated carbocycles. The second-order valence-corrected chi connectivity index (χ2v) is 7.17. The Morgan fingerprint density at radius 3 is 2.83 bits per heavy atom. The summed E-state index contributed by atoms with van der Waals surface area (Å²) in [5, 5.41) is 10.7. The summed E-state index contributed by atoms with van der Waals surface area (Å²) >= 11 is 1.11. The van der Waals surface area contributed by atoms with Crippen molar-refractivity contribution < 1.29 is 23.1 Å². The summed E-state index contributed by atoms with van der Waals surface area (Å²) in [7, 11) is -2.24. The van der Waals surface area contributed by atoms with Gasteiger partial charge in [0.1, 0.15) is 4.21 Å². The number of sulfonamides is 1. The molecule has 2 rings (SSSR count). The van der Waals surface area contributed by atoms with E-state index < -0.39 is 28.0 Å². The van der Waals surface area contributed by atoms with Crippen molar-refractivity contribution in [1.82, 2.24) is 4.31 Å². The molecule has 18 heavy (non-hydrogen) atoms. The van der Waals surface area contributed by atoms with E-state index in [-0.39, 0.29) is 17.4 Å². The van der Waals surface area contributed by atoms with Crippen molar-refractivity contribution >= 4 is 27.3 Å². The molecule has 1 aliphatic rings. The lowest BCUT2D eigenvalue weighted by Crippen LogP contribution is -2.43. The summed E-state index contributed by atoms with van der Waals surface area (Å²) in [5.41, 5.74) is 0. The predicted molar refractivity (Wildman–Crippen MR) is 65.0 cm³/mol. The van der Waals surface area contributed by atoms with E-state index in [1.807, 2.05) is 0 Å². The smallest absolute Gasteiger partial charge is 0.310 e. The van der Waals surface area contributed by atoms with Crippen LogP contribution in [-0.2, 0) is 19.6 Å². The summed E-state index contributed by atoms with van der Waals surface area (Å²) in [6, 6.07) is 2.49. The number of carbonyl (C=O) groups is 1. The number of hydrogen-bond donors (Lipinski definition) is 1. The minimum absolute atomic E-state index is 0.0459. The van der Waals surface area contributed by atoms with Gasteiger partial charge in [-0.2, -0.15) is 4.31 Å². The topological polar surface area (TPSA) is 83.9 Å². The van der Waals surface area contributed by atoms with Crippen LogP contribution in [0.1, 0.15) is 0 Å². The molecule has 6 nitrogen and oxygen atoms in total. The van der Waals surface area contributed by atoms with Crippen LogP contribution in [0, 0.1) is 5.92 Å². The number of rotatable bonds is 4. The van der Waals surface area contributed by atoms with Crippen molar-refractivity contribution in [2.75, 3.05) is 20.3 Å². The van der Waals surface area contributed by atoms with E-state index in [1.165, 1.54) is 13.1 Å². The number of thiophene rings is 1. The maximum atomic E-state index is 12.2. The Bertz CT molecular complexity index is 524. The van der Waals surface area contributed by atoms with Crippen LogP contribution in [0.15, 0.2) is 21.7 Å². The van der Waals surface area contributed by atoms with Gasteiger partial charge in [0, 0.05) is 7.05 Å². The minimum atomic E-state index is -3.64. The first-order valence-corrected chi connectivity index (χ1v) is 7.58. The van der Waals surface area contributed by atoms with Crippen LogP contribution in [0.5, 0.6) is 0 Å². The number of aliphatic carboxylic acids is 1. The SMILES string of the molecule is CN(C1COCC1C(=O)O)S(=O)(=O)c1cccs1. The summed E-state index contributed by atoms with van der Waals surface area (Å²) < 4.78 is 30.9. The zero-order chi connectivity index (χ0) is 13.3. The molecule has 0 spiro atoms. The van der Waals surface area contributed by atoms with Crippen LogP contribution in [0.3, 0.4) is 0 Å². The normalized spacial score (nSPS) is 24.6. The van der Waals surface area contributed by atoms with Gasteiger partial charge in [-0.15, -0.1) is 11.3 Å². The fourth-order valence-electron chi connectivity index (χ4n) is 1.87. The second-order valence-electron chi connectivity index (χ2n) is 4.00. The molecule has 0 bridgehead atoms. The van der Waals surface area contributed by atoms with Gasteiger partial charge < -0.3 is 9.84 Å². The van der Waals surface area contributed by atoms with Crippen molar-refractivity contribution in [3.8, 4) is 0 Å². The fraction of sp³-hybridized carbons (Fsp3) is 0.500. The van der Waals surface area contributed by atoms with Gasteiger partial charge in [-0.25, -0.2) is 8.42 Å². The molecule has 1 saturated heterocycles. The third-order valence-electron chi connectivity index (χ3n) is 2.96. The largest absolute Gasteiger partial charge is 0.481 e. The summed E-state index contributed by atoms with van der Waals surface area (Å²) in [6.07, 6.45) is 0. The number of ether oxygens (including phenoxy) is 1. The first kappa shape index (κ1) is 13.5. The summed E-state index contributed by atoms with van der Waals surface area (Å²) in [5.74, 6) is -1.85. The van der Waals surface area contributed by atoms with E-state index in [2.05, 4.69) is 0 Å². The number of hydrogen-bond acceptors (Lipinski definition) is 5. The number of carboxylic acid groups (broad SMARTS) is 1. The Labute approximate surface area is 109 Å². The number of likely N-dealkylation sites (N-methyl/N-ethyl adjacent to an activating group) is 1. The molecule has 1 N–H and O–H groups in total. The Balaban J connectivity index is 2.26. The first-order valence-electron chi connectivity index (χ1n) is 5.26. The third-order valence-corrected chi connectivity index (χ3v) is 6.22. The average molecular weight is 291 g/mol. The Kier molecular flexibility index (Phi) is 3.71. The van der Waals surface area contributed by atoms with Crippen LogP contribution < -0.4 is 0 Å². The van der Waals surface area contributed by atoms with Gasteiger partial charge in [0.25, 0.3) is 10.0 Å². The third kappa shape index (κ3) is 2.28. The maximum Gasteiger partial charge on any atom is 0.310 e. The van der Waals surface area contributed by atoms with Crippen molar-refractivity contribution in [2.45, 2.75) is 10.3 Å².